The number of aryl methyl sites for hydroxylation is 1. The number of nitrogens with one attached hydrogen (secondary N) is 2. The zero-order chi connectivity index (χ0) is 12.4. The maximum absolute atomic E-state index is 4.35. The molecule has 18 heavy (non-hydrogen) atoms. The Morgan fingerprint density at radius 3 is 3.28 bits per heavy atom. The van der Waals surface area contributed by atoms with Gasteiger partial charge in [0.2, 0.25) is 0 Å². The highest BCUT2D eigenvalue weighted by Gasteiger charge is 2.13. The van der Waals surface area contributed by atoms with Crippen molar-refractivity contribution in [2.24, 2.45) is 0 Å². The Morgan fingerprint density at radius 2 is 2.44 bits per heavy atom. The van der Waals surface area contributed by atoms with Crippen LogP contribution in [0.25, 0.3) is 10.2 Å². The second kappa shape index (κ2) is 5.20. The fourth-order valence-electron chi connectivity index (χ4n) is 2.46. The predicted molar refractivity (Wildman–Crippen MR) is 76.3 cm³/mol. The molecular weight excluding hydrogens is 244 g/mol. The number of hydrogen-bond acceptors (Lipinski definition) is 5. The number of rotatable bonds is 4. The molecule has 3 heterocycles. The Morgan fingerprint density at radius 1 is 1.50 bits per heavy atom. The highest BCUT2D eigenvalue weighted by molar-refractivity contribution is 7.18. The number of thiophene rings is 1. The zero-order valence-corrected chi connectivity index (χ0v) is 11.4. The molecule has 1 atom stereocenters. The Bertz CT molecular complexity index is 531. The molecule has 2 N–H and O–H groups in total. The van der Waals surface area contributed by atoms with E-state index in [1.165, 1.54) is 29.6 Å². The van der Waals surface area contributed by atoms with Gasteiger partial charge in [-0.2, -0.15) is 0 Å². The second-order valence-corrected chi connectivity index (χ2v) is 5.71. The van der Waals surface area contributed by atoms with E-state index in [4.69, 9.17) is 0 Å². The van der Waals surface area contributed by atoms with E-state index in [0.29, 0.717) is 6.04 Å². The zero-order valence-electron chi connectivity index (χ0n) is 10.6. The van der Waals surface area contributed by atoms with Gasteiger partial charge in [0.15, 0.2) is 0 Å². The van der Waals surface area contributed by atoms with Gasteiger partial charge in [0, 0.05) is 12.6 Å². The van der Waals surface area contributed by atoms with E-state index in [1.54, 1.807) is 17.7 Å². The van der Waals surface area contributed by atoms with Crippen molar-refractivity contribution >= 4 is 27.4 Å². The number of anilines is 1. The van der Waals surface area contributed by atoms with E-state index in [2.05, 4.69) is 32.9 Å². The van der Waals surface area contributed by atoms with Gasteiger partial charge in [0.25, 0.3) is 0 Å². The van der Waals surface area contributed by atoms with Gasteiger partial charge in [-0.05, 0) is 43.7 Å². The maximum atomic E-state index is 4.35. The molecule has 1 aliphatic rings. The van der Waals surface area contributed by atoms with E-state index >= 15 is 0 Å². The fourth-order valence-corrected chi connectivity index (χ4v) is 3.43. The van der Waals surface area contributed by atoms with Crippen molar-refractivity contribution in [3.8, 4) is 0 Å². The normalized spacial score (nSPS) is 19.5. The van der Waals surface area contributed by atoms with Gasteiger partial charge in [-0.3, -0.25) is 0 Å². The Hall–Kier alpha value is -1.20. The molecule has 5 heteroatoms. The molecule has 0 saturated carbocycles. The van der Waals surface area contributed by atoms with Gasteiger partial charge >= 0.3 is 0 Å². The van der Waals surface area contributed by atoms with E-state index < -0.39 is 0 Å². The quantitative estimate of drug-likeness (QED) is 0.889. The lowest BCUT2D eigenvalue weighted by Gasteiger charge is -2.11. The predicted octanol–water partition coefficient (Wildman–Crippen LogP) is 2.55. The summed E-state index contributed by atoms with van der Waals surface area (Å²) in [4.78, 5) is 8.69. The van der Waals surface area contributed by atoms with E-state index in [0.717, 1.165) is 24.3 Å². The highest BCUT2D eigenvalue weighted by Crippen LogP contribution is 2.28. The minimum absolute atomic E-state index is 0.680. The molecule has 0 amide bonds. The van der Waals surface area contributed by atoms with Crippen molar-refractivity contribution in [1.29, 1.82) is 0 Å². The van der Waals surface area contributed by atoms with Crippen LogP contribution in [-0.2, 0) is 0 Å². The first-order valence-corrected chi connectivity index (χ1v) is 7.38. The largest absolute Gasteiger partial charge is 0.369 e. The minimum Gasteiger partial charge on any atom is -0.369 e. The molecule has 0 spiro atoms. The summed E-state index contributed by atoms with van der Waals surface area (Å²) in [5.41, 5.74) is 2.31. The Balaban J connectivity index is 1.66. The summed E-state index contributed by atoms with van der Waals surface area (Å²) in [6.07, 6.45) is 5.43. The van der Waals surface area contributed by atoms with Crippen molar-refractivity contribution in [2.75, 3.05) is 18.4 Å². The molecule has 0 aliphatic carbocycles. The summed E-state index contributed by atoms with van der Waals surface area (Å²) >= 11 is 1.72. The van der Waals surface area contributed by atoms with Gasteiger partial charge < -0.3 is 10.6 Å². The van der Waals surface area contributed by atoms with E-state index in [1.807, 2.05) is 0 Å². The third kappa shape index (κ3) is 2.33. The van der Waals surface area contributed by atoms with Crippen LogP contribution in [0.2, 0.25) is 0 Å². The van der Waals surface area contributed by atoms with Crippen LogP contribution in [0.4, 0.5) is 5.82 Å². The maximum Gasteiger partial charge on any atom is 0.147 e. The lowest BCUT2D eigenvalue weighted by Crippen LogP contribution is -2.24. The summed E-state index contributed by atoms with van der Waals surface area (Å²) in [7, 11) is 0. The van der Waals surface area contributed by atoms with Gasteiger partial charge in [0.1, 0.15) is 12.1 Å². The first-order valence-electron chi connectivity index (χ1n) is 6.50. The van der Waals surface area contributed by atoms with E-state index in [-0.39, 0.29) is 0 Å². The fraction of sp³-hybridized carbons (Fsp3) is 0.538. The monoisotopic (exact) mass is 262 g/mol. The van der Waals surface area contributed by atoms with Crippen molar-refractivity contribution < 1.29 is 0 Å². The number of hydrogen-bond donors (Lipinski definition) is 2. The molecule has 96 valence electrons. The topological polar surface area (TPSA) is 49.8 Å². The molecule has 0 radical (unpaired) electrons. The van der Waals surface area contributed by atoms with Crippen LogP contribution in [0.15, 0.2) is 11.7 Å². The Kier molecular flexibility index (Phi) is 3.43. The summed E-state index contributed by atoms with van der Waals surface area (Å²) < 4.78 is 1.18. The molecule has 2 aromatic rings. The first kappa shape index (κ1) is 11.9. The molecule has 1 saturated heterocycles. The van der Waals surface area contributed by atoms with Gasteiger partial charge in [-0.25, -0.2) is 9.97 Å². The van der Waals surface area contributed by atoms with Crippen molar-refractivity contribution in [2.45, 2.75) is 32.2 Å². The minimum atomic E-state index is 0.680. The molecule has 0 unspecified atom stereocenters. The standard InChI is InChI=1S/C13H18N4S/c1-9-7-18-12-11(9)16-8-17-13(12)15-6-4-10-3-2-5-14-10/h7-8,10,14H,2-6H2,1H3,(H,15,16,17)/t10-/m1/s1. The molecule has 3 rings (SSSR count). The van der Waals surface area contributed by atoms with Crippen molar-refractivity contribution in [3.63, 3.8) is 0 Å². The Labute approximate surface area is 111 Å². The van der Waals surface area contributed by atoms with Gasteiger partial charge in [0.05, 0.1) is 10.2 Å². The lowest BCUT2D eigenvalue weighted by atomic mass is 10.1. The van der Waals surface area contributed by atoms with Crippen LogP contribution in [-0.4, -0.2) is 29.1 Å². The first-order chi connectivity index (χ1) is 8.84. The highest BCUT2D eigenvalue weighted by atomic mass is 32.1. The average Bonchev–Trinajstić information content (AvgIpc) is 3.01. The molecule has 0 bridgehead atoms. The molecule has 1 fully saturated rings. The van der Waals surface area contributed by atoms with Crippen LogP contribution >= 0.6 is 11.3 Å². The number of nitrogens with zero attached hydrogens (tertiary/aromatic N) is 2. The van der Waals surface area contributed by atoms with E-state index in [9.17, 15) is 0 Å². The van der Waals surface area contributed by atoms with Crippen LogP contribution in [0, 0.1) is 6.92 Å². The van der Waals surface area contributed by atoms with Crippen LogP contribution in [0.1, 0.15) is 24.8 Å². The number of aromatic nitrogens is 2. The summed E-state index contributed by atoms with van der Waals surface area (Å²) in [5, 5.41) is 9.10. The molecule has 4 nitrogen and oxygen atoms in total. The smallest absolute Gasteiger partial charge is 0.147 e. The molecular formula is C13H18N4S. The summed E-state index contributed by atoms with van der Waals surface area (Å²) in [6, 6.07) is 0.680. The molecule has 0 aromatic carbocycles. The summed E-state index contributed by atoms with van der Waals surface area (Å²) in [5.74, 6) is 0.982. The third-order valence-electron chi connectivity index (χ3n) is 3.48. The SMILES string of the molecule is Cc1csc2c(NCC[C@H]3CCCN3)ncnc12. The second-order valence-electron chi connectivity index (χ2n) is 4.83. The van der Waals surface area contributed by atoms with Crippen molar-refractivity contribution in [1.82, 2.24) is 15.3 Å². The van der Waals surface area contributed by atoms with Gasteiger partial charge in [-0.15, -0.1) is 11.3 Å². The third-order valence-corrected chi connectivity index (χ3v) is 4.57. The van der Waals surface area contributed by atoms with Gasteiger partial charge in [-0.1, -0.05) is 0 Å². The molecule has 2 aromatic heterocycles. The van der Waals surface area contributed by atoms with Crippen LogP contribution in [0.5, 0.6) is 0 Å². The summed E-state index contributed by atoms with van der Waals surface area (Å²) in [6.45, 7) is 4.24. The van der Waals surface area contributed by atoms with Crippen LogP contribution < -0.4 is 10.6 Å². The number of fused-ring (bicyclic) bond motifs is 1. The van der Waals surface area contributed by atoms with Crippen molar-refractivity contribution in [3.05, 3.63) is 17.3 Å². The lowest BCUT2D eigenvalue weighted by molar-refractivity contribution is 0.574. The average molecular weight is 262 g/mol. The van der Waals surface area contributed by atoms with Crippen LogP contribution in [0.3, 0.4) is 0 Å². The molecule has 1 aliphatic heterocycles.